The van der Waals surface area contributed by atoms with Crippen molar-refractivity contribution >= 4 is 16.6 Å². The second kappa shape index (κ2) is 8.14. The van der Waals surface area contributed by atoms with Crippen LogP contribution in [0.25, 0.3) is 0 Å². The van der Waals surface area contributed by atoms with Crippen LogP contribution in [0.15, 0.2) is 60.3 Å². The minimum atomic E-state index is -4.79. The number of hydrogen-bond acceptors (Lipinski definition) is 3. The number of nitrogens with one attached hydrogen (secondary N) is 1. The van der Waals surface area contributed by atoms with E-state index in [1.807, 2.05) is 0 Å². The number of thiol groups is 1. The lowest BCUT2D eigenvalue weighted by Gasteiger charge is -2.34. The first-order valence-electron chi connectivity index (χ1n) is 6.94. The van der Waals surface area contributed by atoms with E-state index in [0.29, 0.717) is 0 Å². The van der Waals surface area contributed by atoms with E-state index in [-0.39, 0.29) is 16.7 Å². The average Bonchev–Trinajstić information content (AvgIpc) is 2.45. The molecule has 1 aliphatic rings. The van der Waals surface area contributed by atoms with Crippen LogP contribution in [0.1, 0.15) is 6.92 Å². The normalized spacial score (nSPS) is 24.8. The number of halogens is 3. The summed E-state index contributed by atoms with van der Waals surface area (Å²) in [6.45, 7) is 7.68. The zero-order valence-corrected chi connectivity index (χ0v) is 13.9. The summed E-state index contributed by atoms with van der Waals surface area (Å²) in [6, 6.07) is 0. The van der Waals surface area contributed by atoms with E-state index in [1.54, 1.807) is 0 Å². The Kier molecular flexibility index (Phi) is 6.77. The van der Waals surface area contributed by atoms with Crippen molar-refractivity contribution in [2.45, 2.75) is 18.3 Å². The zero-order valence-electron chi connectivity index (χ0n) is 13.0. The summed E-state index contributed by atoms with van der Waals surface area (Å²) in [4.78, 5) is 11.0. The molecule has 0 bridgehead atoms. The number of carbonyl (C=O) groups is 1. The first-order valence-corrected chi connectivity index (χ1v) is 8.19. The quantitative estimate of drug-likeness (QED) is 0.740. The van der Waals surface area contributed by atoms with Crippen LogP contribution in [0.4, 0.5) is 13.2 Å². The van der Waals surface area contributed by atoms with Gasteiger partial charge in [0.05, 0.1) is 11.2 Å². The van der Waals surface area contributed by atoms with Crippen LogP contribution >= 0.6 is 0 Å². The molecule has 0 aromatic rings. The van der Waals surface area contributed by atoms with Crippen molar-refractivity contribution in [3.8, 4) is 0 Å². The van der Waals surface area contributed by atoms with Crippen molar-refractivity contribution in [3.63, 3.8) is 0 Å². The molecule has 1 amide bonds. The molecular formula is C16H18F3NO3S. The van der Waals surface area contributed by atoms with Gasteiger partial charge in [0.15, 0.2) is 0 Å². The second-order valence-electron chi connectivity index (χ2n) is 5.09. The Bertz CT molecular complexity index is 692. The van der Waals surface area contributed by atoms with E-state index in [1.165, 1.54) is 37.3 Å². The van der Waals surface area contributed by atoms with Crippen molar-refractivity contribution < 1.29 is 26.4 Å². The van der Waals surface area contributed by atoms with E-state index < -0.39 is 40.5 Å². The Morgan fingerprint density at radius 3 is 2.29 bits per heavy atom. The number of alkyl halides is 3. The predicted octanol–water partition coefficient (Wildman–Crippen LogP) is 2.45. The number of hydrogen-bond donors (Lipinski definition) is 2. The van der Waals surface area contributed by atoms with E-state index >= 15 is 0 Å². The van der Waals surface area contributed by atoms with Gasteiger partial charge in [-0.25, -0.2) is 8.42 Å². The van der Waals surface area contributed by atoms with Crippen LogP contribution in [0, 0.1) is 5.92 Å². The standard InChI is InChI=1S/C16H18F3NO3S/c1-4-6-11-8-12(9-20-10(3)21)14(16(17,18)19)15(24(22)23)13(11)7-5-2/h4-8,14-15,24H,1-2,9H2,3H3,(H,20,21)/b11-6-,13-7+/t14-,15?/m1/s1. The van der Waals surface area contributed by atoms with Gasteiger partial charge in [0, 0.05) is 13.5 Å². The molecule has 0 aromatic heterocycles. The van der Waals surface area contributed by atoms with Crippen molar-refractivity contribution in [2.75, 3.05) is 6.54 Å². The lowest BCUT2D eigenvalue weighted by atomic mass is 9.80. The molecule has 132 valence electrons. The number of allylic oxidation sites excluding steroid dienone is 6. The van der Waals surface area contributed by atoms with Gasteiger partial charge in [0.2, 0.25) is 5.91 Å². The zero-order chi connectivity index (χ0) is 18.5. The van der Waals surface area contributed by atoms with Crippen LogP contribution in [-0.4, -0.2) is 32.3 Å². The van der Waals surface area contributed by atoms with Crippen molar-refractivity contribution in [3.05, 3.63) is 60.3 Å². The highest BCUT2D eigenvalue weighted by atomic mass is 32.2. The molecule has 1 N–H and O–H groups in total. The monoisotopic (exact) mass is 361 g/mol. The molecule has 0 saturated carbocycles. The maximum absolute atomic E-state index is 13.5. The van der Waals surface area contributed by atoms with Crippen molar-refractivity contribution in [2.24, 2.45) is 5.92 Å². The highest BCUT2D eigenvalue weighted by Crippen LogP contribution is 2.43. The molecule has 0 aromatic carbocycles. The average molecular weight is 361 g/mol. The Balaban J connectivity index is 3.63. The van der Waals surface area contributed by atoms with Gasteiger partial charge in [0.25, 0.3) is 0 Å². The number of amides is 1. The lowest BCUT2D eigenvalue weighted by molar-refractivity contribution is -0.163. The first kappa shape index (κ1) is 20.0. The van der Waals surface area contributed by atoms with Gasteiger partial charge >= 0.3 is 6.18 Å². The van der Waals surface area contributed by atoms with Crippen LogP contribution in [0.2, 0.25) is 0 Å². The highest BCUT2D eigenvalue weighted by Gasteiger charge is 2.51. The molecule has 1 aliphatic carbocycles. The summed E-state index contributed by atoms with van der Waals surface area (Å²) in [5.41, 5.74) is 0.0566. The summed E-state index contributed by atoms with van der Waals surface area (Å²) >= 11 is 0. The molecule has 8 heteroatoms. The second-order valence-corrected chi connectivity index (χ2v) is 6.22. The summed E-state index contributed by atoms with van der Waals surface area (Å²) in [5, 5.41) is 0.496. The Hall–Kier alpha value is -2.09. The third-order valence-electron chi connectivity index (χ3n) is 3.42. The summed E-state index contributed by atoms with van der Waals surface area (Å²) in [6.07, 6.45) is 1.70. The fourth-order valence-corrected chi connectivity index (χ4v) is 3.60. The Morgan fingerprint density at radius 1 is 1.29 bits per heavy atom. The summed E-state index contributed by atoms with van der Waals surface area (Å²) in [7, 11) is -3.43. The van der Waals surface area contributed by atoms with E-state index in [4.69, 9.17) is 0 Å². The fourth-order valence-electron chi connectivity index (χ4n) is 2.53. The van der Waals surface area contributed by atoms with Gasteiger partial charge in [-0.1, -0.05) is 43.5 Å². The molecule has 0 radical (unpaired) electrons. The van der Waals surface area contributed by atoms with Gasteiger partial charge in [-0.15, -0.1) is 0 Å². The molecule has 2 atom stereocenters. The molecule has 1 rings (SSSR count). The highest BCUT2D eigenvalue weighted by molar-refractivity contribution is 7.73. The fraction of sp³-hybridized carbons (Fsp3) is 0.312. The van der Waals surface area contributed by atoms with Crippen molar-refractivity contribution in [1.29, 1.82) is 0 Å². The smallest absolute Gasteiger partial charge is 0.353 e. The summed E-state index contributed by atoms with van der Waals surface area (Å²) < 4.78 is 63.9. The molecule has 1 unspecified atom stereocenters. The molecule has 0 saturated heterocycles. The van der Waals surface area contributed by atoms with Gasteiger partial charge in [-0.2, -0.15) is 13.2 Å². The molecular weight excluding hydrogens is 343 g/mol. The van der Waals surface area contributed by atoms with Crippen molar-refractivity contribution in [1.82, 2.24) is 5.32 Å². The molecule has 24 heavy (non-hydrogen) atoms. The molecule has 0 aliphatic heterocycles. The van der Waals surface area contributed by atoms with Crippen LogP contribution in [0.3, 0.4) is 0 Å². The third-order valence-corrected chi connectivity index (χ3v) is 4.45. The minimum Gasteiger partial charge on any atom is -0.353 e. The van der Waals surface area contributed by atoms with Crippen LogP contribution < -0.4 is 5.32 Å². The Morgan fingerprint density at radius 2 is 1.88 bits per heavy atom. The first-order chi connectivity index (χ1) is 11.1. The topological polar surface area (TPSA) is 63.2 Å². The van der Waals surface area contributed by atoms with Gasteiger partial charge in [-0.05, 0) is 16.7 Å². The maximum atomic E-state index is 13.5. The minimum absolute atomic E-state index is 0.00471. The van der Waals surface area contributed by atoms with Gasteiger partial charge < -0.3 is 5.32 Å². The van der Waals surface area contributed by atoms with E-state index in [2.05, 4.69) is 18.5 Å². The molecule has 0 spiro atoms. The number of carbonyl (C=O) groups excluding carboxylic acids is 1. The lowest BCUT2D eigenvalue weighted by Crippen LogP contribution is -2.43. The molecule has 0 fully saturated rings. The molecule has 4 nitrogen and oxygen atoms in total. The van der Waals surface area contributed by atoms with Crippen LogP contribution in [0.5, 0.6) is 0 Å². The SMILES string of the molecule is C=C/C=C1/C=C(CNC(C)=O)[C@@H](C(F)(F)F)C([SH](=O)=O)/C1=C/C=C. The van der Waals surface area contributed by atoms with E-state index in [0.717, 1.165) is 0 Å². The van der Waals surface area contributed by atoms with Crippen LogP contribution in [-0.2, 0) is 15.5 Å². The number of rotatable bonds is 5. The largest absolute Gasteiger partial charge is 0.397 e. The predicted molar refractivity (Wildman–Crippen MR) is 87.0 cm³/mol. The maximum Gasteiger partial charge on any atom is 0.397 e. The molecule has 0 heterocycles. The summed E-state index contributed by atoms with van der Waals surface area (Å²) in [5.74, 6) is -2.75. The van der Waals surface area contributed by atoms with Gasteiger partial charge in [-0.3, -0.25) is 4.79 Å². The Labute approximate surface area is 140 Å². The third kappa shape index (κ3) is 4.70. The van der Waals surface area contributed by atoms with E-state index in [9.17, 15) is 26.4 Å². The van der Waals surface area contributed by atoms with Gasteiger partial charge in [0.1, 0.15) is 10.7 Å².